The van der Waals surface area contributed by atoms with Crippen LogP contribution in [0, 0.1) is 0 Å². The largest absolute Gasteiger partial charge is 0.384 e. The Hall–Kier alpha value is -1.85. The molecule has 0 bridgehead atoms. The van der Waals surface area contributed by atoms with Crippen molar-refractivity contribution in [1.29, 1.82) is 0 Å². The lowest BCUT2D eigenvalue weighted by molar-refractivity contribution is -0.118. The van der Waals surface area contributed by atoms with Crippen LogP contribution in [0.15, 0.2) is 6.07 Å². The molecule has 5 N–H and O–H groups in total. The molecule has 0 aliphatic rings. The van der Waals surface area contributed by atoms with Gasteiger partial charge in [-0.2, -0.15) is 0 Å². The number of nitrogen functional groups attached to an aromatic ring is 1. The fourth-order valence-electron chi connectivity index (χ4n) is 1.04. The molecule has 1 unspecified atom stereocenters. The number of primary amides is 1. The molecule has 1 heterocycles. The van der Waals surface area contributed by atoms with Crippen molar-refractivity contribution < 1.29 is 4.79 Å². The number of rotatable bonds is 4. The first-order chi connectivity index (χ1) is 7.02. The molecule has 6 nitrogen and oxygen atoms in total. The van der Waals surface area contributed by atoms with Gasteiger partial charge in [0.1, 0.15) is 23.5 Å². The van der Waals surface area contributed by atoms with Crippen LogP contribution in [0.3, 0.4) is 0 Å². The predicted molar refractivity (Wildman–Crippen MR) is 58.1 cm³/mol. The highest BCUT2D eigenvalue weighted by Gasteiger charge is 2.09. The summed E-state index contributed by atoms with van der Waals surface area (Å²) in [6, 6.07) is 1.09. The summed E-state index contributed by atoms with van der Waals surface area (Å²) in [6.45, 7) is 3.59. The zero-order chi connectivity index (χ0) is 11.4. The van der Waals surface area contributed by atoms with Gasteiger partial charge in [0.15, 0.2) is 0 Å². The monoisotopic (exact) mass is 209 g/mol. The quantitative estimate of drug-likeness (QED) is 0.642. The van der Waals surface area contributed by atoms with Crippen molar-refractivity contribution in [3.8, 4) is 0 Å². The van der Waals surface area contributed by atoms with Crippen molar-refractivity contribution >= 4 is 17.5 Å². The summed E-state index contributed by atoms with van der Waals surface area (Å²) in [4.78, 5) is 19.0. The van der Waals surface area contributed by atoms with Crippen LogP contribution < -0.4 is 16.8 Å². The second-order valence-corrected chi connectivity index (χ2v) is 3.22. The number of amides is 1. The van der Waals surface area contributed by atoms with Crippen molar-refractivity contribution in [2.45, 2.75) is 26.3 Å². The molecule has 0 aliphatic heterocycles. The van der Waals surface area contributed by atoms with Crippen LogP contribution in [0.5, 0.6) is 0 Å². The minimum Gasteiger partial charge on any atom is -0.384 e. The lowest BCUT2D eigenvalue weighted by Crippen LogP contribution is -2.32. The normalized spacial score (nSPS) is 12.1. The average molecular weight is 209 g/mol. The van der Waals surface area contributed by atoms with Gasteiger partial charge < -0.3 is 16.8 Å². The molecule has 1 rings (SSSR count). The summed E-state index contributed by atoms with van der Waals surface area (Å²) in [5.74, 6) is 1.09. The number of carbonyl (C=O) groups is 1. The Morgan fingerprint density at radius 3 is 2.80 bits per heavy atom. The van der Waals surface area contributed by atoms with Crippen molar-refractivity contribution in [2.24, 2.45) is 5.73 Å². The van der Waals surface area contributed by atoms with E-state index in [2.05, 4.69) is 15.3 Å². The van der Waals surface area contributed by atoms with E-state index in [1.165, 1.54) is 0 Å². The molecule has 0 saturated heterocycles. The Balaban J connectivity index is 2.85. The molecule has 0 aliphatic carbocycles. The zero-order valence-electron chi connectivity index (χ0n) is 8.82. The molecule has 0 saturated carbocycles. The number of nitrogens with two attached hydrogens (primary N) is 2. The van der Waals surface area contributed by atoms with E-state index in [4.69, 9.17) is 11.5 Å². The molecule has 0 aromatic carbocycles. The van der Waals surface area contributed by atoms with Gasteiger partial charge in [0.05, 0.1) is 0 Å². The SMILES string of the molecule is CCc1nc(N)cc(NC(C)C(N)=O)n1. The summed E-state index contributed by atoms with van der Waals surface area (Å²) >= 11 is 0. The van der Waals surface area contributed by atoms with E-state index in [-0.39, 0.29) is 0 Å². The molecule has 0 fully saturated rings. The van der Waals surface area contributed by atoms with Crippen LogP contribution in [-0.2, 0) is 11.2 Å². The topological polar surface area (TPSA) is 107 Å². The van der Waals surface area contributed by atoms with Gasteiger partial charge in [0, 0.05) is 12.5 Å². The van der Waals surface area contributed by atoms with Crippen LogP contribution in [0.4, 0.5) is 11.6 Å². The third-order valence-electron chi connectivity index (χ3n) is 1.90. The van der Waals surface area contributed by atoms with Gasteiger partial charge >= 0.3 is 0 Å². The molecule has 0 spiro atoms. The van der Waals surface area contributed by atoms with Gasteiger partial charge in [0.25, 0.3) is 0 Å². The molecule has 1 atom stereocenters. The standard InChI is InChI=1S/C9H15N5O/c1-3-7-13-6(10)4-8(14-7)12-5(2)9(11)15/h4-5H,3H2,1-2H3,(H2,11,15)(H3,10,12,13,14). The number of anilines is 2. The summed E-state index contributed by atoms with van der Waals surface area (Å²) in [5.41, 5.74) is 10.7. The van der Waals surface area contributed by atoms with Crippen molar-refractivity contribution in [2.75, 3.05) is 11.1 Å². The minimum atomic E-state index is -0.482. The maximum Gasteiger partial charge on any atom is 0.239 e. The van der Waals surface area contributed by atoms with Gasteiger partial charge in [-0.1, -0.05) is 6.92 Å². The number of nitrogens with zero attached hydrogens (tertiary/aromatic N) is 2. The molecule has 82 valence electrons. The van der Waals surface area contributed by atoms with Crippen molar-refractivity contribution in [1.82, 2.24) is 9.97 Å². The lowest BCUT2D eigenvalue weighted by atomic mass is 10.3. The highest BCUT2D eigenvalue weighted by Crippen LogP contribution is 2.09. The van der Waals surface area contributed by atoms with Gasteiger partial charge in [-0.05, 0) is 6.92 Å². The van der Waals surface area contributed by atoms with Gasteiger partial charge in [0.2, 0.25) is 5.91 Å². The van der Waals surface area contributed by atoms with E-state index in [1.807, 2.05) is 6.92 Å². The smallest absolute Gasteiger partial charge is 0.239 e. The van der Waals surface area contributed by atoms with E-state index in [1.54, 1.807) is 13.0 Å². The minimum absolute atomic E-state index is 0.376. The molecule has 1 amide bonds. The Kier molecular flexibility index (Phi) is 3.43. The molecular formula is C9H15N5O. The lowest BCUT2D eigenvalue weighted by Gasteiger charge is -2.11. The fraction of sp³-hybridized carbons (Fsp3) is 0.444. The third kappa shape index (κ3) is 3.08. The van der Waals surface area contributed by atoms with E-state index < -0.39 is 11.9 Å². The first kappa shape index (κ1) is 11.2. The summed E-state index contributed by atoms with van der Waals surface area (Å²) in [7, 11) is 0. The summed E-state index contributed by atoms with van der Waals surface area (Å²) in [5, 5.41) is 2.85. The highest BCUT2D eigenvalue weighted by atomic mass is 16.1. The number of hydrogen-bond donors (Lipinski definition) is 3. The molecule has 6 heteroatoms. The number of aromatic nitrogens is 2. The number of nitrogens with one attached hydrogen (secondary N) is 1. The van der Waals surface area contributed by atoms with Gasteiger partial charge in [-0.15, -0.1) is 0 Å². The third-order valence-corrected chi connectivity index (χ3v) is 1.90. The molecular weight excluding hydrogens is 194 g/mol. The molecule has 15 heavy (non-hydrogen) atoms. The Morgan fingerprint density at radius 1 is 1.60 bits per heavy atom. The number of carbonyl (C=O) groups excluding carboxylic acids is 1. The summed E-state index contributed by atoms with van der Waals surface area (Å²) < 4.78 is 0. The molecule has 1 aromatic rings. The second-order valence-electron chi connectivity index (χ2n) is 3.22. The van der Waals surface area contributed by atoms with Crippen LogP contribution in [0.2, 0.25) is 0 Å². The zero-order valence-corrected chi connectivity index (χ0v) is 8.82. The molecule has 0 radical (unpaired) electrons. The van der Waals surface area contributed by atoms with Crippen LogP contribution >= 0.6 is 0 Å². The van der Waals surface area contributed by atoms with E-state index in [9.17, 15) is 4.79 Å². The second kappa shape index (κ2) is 4.59. The number of aryl methyl sites for hydroxylation is 1. The maximum absolute atomic E-state index is 10.8. The van der Waals surface area contributed by atoms with E-state index >= 15 is 0 Å². The maximum atomic E-state index is 10.8. The first-order valence-corrected chi connectivity index (χ1v) is 4.72. The highest BCUT2D eigenvalue weighted by molar-refractivity contribution is 5.82. The number of hydrogen-bond acceptors (Lipinski definition) is 5. The van der Waals surface area contributed by atoms with Gasteiger partial charge in [-0.3, -0.25) is 4.79 Å². The molecule has 1 aromatic heterocycles. The average Bonchev–Trinajstić information content (AvgIpc) is 2.16. The predicted octanol–water partition coefficient (Wildman–Crippen LogP) is -0.0931. The fourth-order valence-corrected chi connectivity index (χ4v) is 1.04. The van der Waals surface area contributed by atoms with E-state index in [0.29, 0.717) is 23.9 Å². The van der Waals surface area contributed by atoms with Crippen LogP contribution in [-0.4, -0.2) is 21.9 Å². The van der Waals surface area contributed by atoms with Crippen LogP contribution in [0.1, 0.15) is 19.7 Å². The Morgan fingerprint density at radius 2 is 2.27 bits per heavy atom. The first-order valence-electron chi connectivity index (χ1n) is 4.72. The summed E-state index contributed by atoms with van der Waals surface area (Å²) in [6.07, 6.45) is 0.685. The van der Waals surface area contributed by atoms with Crippen molar-refractivity contribution in [3.05, 3.63) is 11.9 Å². The van der Waals surface area contributed by atoms with E-state index in [0.717, 1.165) is 0 Å². The Bertz CT molecular complexity index is 366. The Labute approximate surface area is 88.1 Å². The van der Waals surface area contributed by atoms with Gasteiger partial charge in [-0.25, -0.2) is 9.97 Å². The van der Waals surface area contributed by atoms with Crippen molar-refractivity contribution in [3.63, 3.8) is 0 Å². The van der Waals surface area contributed by atoms with Crippen LogP contribution in [0.25, 0.3) is 0 Å².